The fourth-order valence-corrected chi connectivity index (χ4v) is 17.3. The van der Waals surface area contributed by atoms with Gasteiger partial charge in [-0.25, -0.2) is 26.4 Å². The second kappa shape index (κ2) is 42.5. The summed E-state index contributed by atoms with van der Waals surface area (Å²) >= 11 is 0. The number of nitrogens with zero attached hydrogens (tertiary/aromatic N) is 3. The zero-order valence-electron chi connectivity index (χ0n) is 67.8. The summed E-state index contributed by atoms with van der Waals surface area (Å²) in [4.78, 5) is 144. The van der Waals surface area contributed by atoms with Crippen molar-refractivity contribution in [2.24, 2.45) is 41.2 Å². The molecule has 1 heterocycles. The summed E-state index contributed by atoms with van der Waals surface area (Å²) in [6.45, 7) is 21.5. The molecule has 0 radical (unpaired) electrons. The zero-order valence-corrected chi connectivity index (χ0v) is 69.4. The predicted octanol–water partition coefficient (Wildman–Crippen LogP) is 8.27. The average molecular weight is 1610 g/mol. The molecule has 12 atom stereocenters. The number of amides is 10. The molecule has 113 heavy (non-hydrogen) atoms. The van der Waals surface area contributed by atoms with Gasteiger partial charge in [-0.15, -0.1) is 0 Å². The summed E-state index contributed by atoms with van der Waals surface area (Å²) in [6, 6.07) is 25.0. The van der Waals surface area contributed by atoms with Gasteiger partial charge in [0.15, 0.2) is 25.5 Å². The highest BCUT2D eigenvalue weighted by Gasteiger charge is 2.45. The molecule has 10 amide bonds. The minimum absolute atomic E-state index is 0.0148. The molecule has 1 fully saturated rings. The van der Waals surface area contributed by atoms with Gasteiger partial charge in [0.05, 0.1) is 76.0 Å². The Bertz CT molecular complexity index is 4210. The number of benzene rings is 5. The largest absolute Gasteiger partial charge is 0.445 e. The Morgan fingerprint density at radius 1 is 0.628 bits per heavy atom. The molecule has 28 nitrogen and oxygen atoms in total. The Morgan fingerprint density at radius 3 is 1.70 bits per heavy atom. The maximum Gasteiger partial charge on any atom is 0.410 e. The van der Waals surface area contributed by atoms with Gasteiger partial charge >= 0.3 is 12.1 Å². The maximum atomic E-state index is 14.9. The Labute approximate surface area is 665 Å². The Morgan fingerprint density at radius 2 is 1.19 bits per heavy atom. The van der Waals surface area contributed by atoms with Crippen LogP contribution in [0.2, 0.25) is 0 Å². The molecule has 0 saturated carbocycles. The van der Waals surface area contributed by atoms with Crippen LogP contribution in [0, 0.1) is 49.4 Å². The number of aryl methyl sites for hydroxylation is 2. The van der Waals surface area contributed by atoms with Crippen molar-refractivity contribution in [3.8, 4) is 0 Å². The highest BCUT2D eigenvalue weighted by atomic mass is 32.2. The molecule has 0 unspecified atom stereocenters. The number of ketones is 1. The summed E-state index contributed by atoms with van der Waals surface area (Å²) < 4.78 is 72.8. The lowest BCUT2D eigenvalue weighted by Gasteiger charge is -2.41. The van der Waals surface area contributed by atoms with Crippen molar-refractivity contribution in [1.29, 1.82) is 0 Å². The Hall–Kier alpha value is -9.62. The first kappa shape index (κ1) is 92.3. The van der Waals surface area contributed by atoms with Crippen molar-refractivity contribution in [3.05, 3.63) is 161 Å². The van der Waals surface area contributed by atoms with E-state index in [4.69, 9.17) is 19.9 Å². The van der Waals surface area contributed by atoms with Crippen molar-refractivity contribution >= 4 is 84.6 Å². The van der Waals surface area contributed by atoms with Gasteiger partial charge in [-0.3, -0.25) is 43.3 Å². The summed E-state index contributed by atoms with van der Waals surface area (Å²) in [7, 11) is -2.37. The van der Waals surface area contributed by atoms with E-state index in [9.17, 15) is 69.9 Å². The lowest BCUT2D eigenvalue weighted by molar-refractivity contribution is -0.148. The molecule has 0 bridgehead atoms. The number of carbonyl (C=O) groups is 10. The van der Waals surface area contributed by atoms with Gasteiger partial charge in [0.25, 0.3) is 5.91 Å². The molecular formula is C83H116N10O18S2. The Kier molecular flexibility index (Phi) is 34.7. The quantitative estimate of drug-likeness (QED) is 0.0135. The van der Waals surface area contributed by atoms with E-state index in [1.807, 2.05) is 32.0 Å². The van der Waals surface area contributed by atoms with E-state index >= 15 is 0 Å². The van der Waals surface area contributed by atoms with Crippen LogP contribution in [0.1, 0.15) is 157 Å². The monoisotopic (exact) mass is 1600 g/mol. The van der Waals surface area contributed by atoms with Crippen molar-refractivity contribution < 1.29 is 84.1 Å². The minimum atomic E-state index is -4.20. The number of hydrogen-bond donors (Lipinski definition) is 8. The number of carbonyl (C=O) groups excluding carboxylic acids is 10. The predicted molar refractivity (Wildman–Crippen MR) is 429 cm³/mol. The highest BCUT2D eigenvalue weighted by molar-refractivity contribution is 7.92. The molecule has 30 heteroatoms. The van der Waals surface area contributed by atoms with Gasteiger partial charge in [0.1, 0.15) is 30.8 Å². The van der Waals surface area contributed by atoms with Gasteiger partial charge in [-0.1, -0.05) is 159 Å². The van der Waals surface area contributed by atoms with Crippen LogP contribution < -0.4 is 37.6 Å². The SMILES string of the molecule is CC[C@H](C)[C@H]([C@@H](CC(=O)N1CCC[C@H]1[C@H](OC)[C@@H](C)C(=O)N[C@H](C)[C@@H](O)c1ccccc1)OC)N(C)C(=O)[C@@H](NC(=O)[C@H](C(C)C)N(C)C(=O)OCc1ccc(NC(=O)[C@H](CCCNC(N)=O)NC(=O)[C@@H](NC(=O)c2ccc(C(=O)C(CS(=O)(=O)c3ccc(C)cc3)CS(=O)(=O)c3ccc(C)cc3)cc2)C(C)C)cc1)C(C)C. The number of likely N-dealkylation sites (N-methyl/N-ethyl adjacent to an activating group) is 2. The van der Waals surface area contributed by atoms with Gasteiger partial charge in [0.2, 0.25) is 35.4 Å². The number of hydrogen-bond acceptors (Lipinski definition) is 18. The van der Waals surface area contributed by atoms with E-state index in [0.29, 0.717) is 36.9 Å². The number of rotatable bonds is 41. The van der Waals surface area contributed by atoms with Crippen molar-refractivity contribution in [2.45, 2.75) is 199 Å². The van der Waals surface area contributed by atoms with Crippen LogP contribution in [-0.4, -0.2) is 203 Å². The van der Waals surface area contributed by atoms with E-state index in [2.05, 4.69) is 31.9 Å². The summed E-state index contributed by atoms with van der Waals surface area (Å²) in [5.74, 6) is -10.3. The van der Waals surface area contributed by atoms with E-state index in [-0.39, 0.29) is 76.8 Å². The van der Waals surface area contributed by atoms with E-state index < -0.39 is 169 Å². The standard InChI is InChI=1S/C83H116N10O18S2/c1-17-54(10)72(67(109-15)45-68(94)93-44-22-26-66(93)75(110-16)55(11)76(97)86-56(12)73(95)58-23-19-18-20-24-58)91(13)81(102)70(50(4)5)90-80(101)71(51(6)7)92(14)83(104)111-46-57-31-37-62(38-32-57)87-78(99)65(25-21-43-85-82(84)103)88-79(100)69(49(2)3)89-77(98)60-35-33-59(34-36-60)74(96)61(47-112(105,106)63-39-27-52(8)28-40-63)48-113(107,108)64-41-29-53(9)30-42-64/h18-20,23-24,27-42,49-51,54-56,61,65-67,69-73,75,95H,17,21-22,25-26,43-48H2,1-16H3,(H,86,97)(H,87,99)(H,88,100)(H,89,98)(H,90,101)(H3,84,85,103)/t54-,55+,56+,65-,66-,67+,69-,70-,71-,72+,73+,75+/m0/s1. The molecule has 6 rings (SSSR count). The number of ether oxygens (including phenoxy) is 3. The number of methoxy groups -OCH3 is 2. The number of nitrogens with one attached hydrogen (secondary N) is 6. The third kappa shape index (κ3) is 25.7. The van der Waals surface area contributed by atoms with Crippen LogP contribution in [-0.2, 0) is 69.3 Å². The van der Waals surface area contributed by atoms with Crippen molar-refractivity contribution in [1.82, 2.24) is 41.3 Å². The average Bonchev–Trinajstić information content (AvgIpc) is 1.66. The van der Waals surface area contributed by atoms with Crippen LogP contribution in [0.4, 0.5) is 15.3 Å². The first-order chi connectivity index (χ1) is 53.2. The molecule has 1 aliphatic heterocycles. The van der Waals surface area contributed by atoms with Crippen LogP contribution in [0.3, 0.4) is 0 Å². The van der Waals surface area contributed by atoms with Gasteiger partial charge in [-0.05, 0) is 130 Å². The third-order valence-corrected chi connectivity index (χ3v) is 24.6. The first-order valence-electron chi connectivity index (χ1n) is 38.4. The first-order valence-corrected chi connectivity index (χ1v) is 41.7. The number of aliphatic hydroxyl groups is 1. The summed E-state index contributed by atoms with van der Waals surface area (Å²) in [6.07, 6.45) is -1.42. The molecule has 618 valence electrons. The van der Waals surface area contributed by atoms with Gasteiger partial charge in [-0.2, -0.15) is 0 Å². The van der Waals surface area contributed by atoms with Gasteiger partial charge < -0.3 is 66.8 Å². The second-order valence-corrected chi connectivity index (χ2v) is 34.6. The molecule has 1 aliphatic rings. The topological polar surface area (TPSA) is 395 Å². The van der Waals surface area contributed by atoms with E-state index in [1.165, 1.54) is 86.8 Å². The normalized spacial score (nSPS) is 16.1. The number of aliphatic hydroxyl groups excluding tert-OH is 1. The fraction of sp³-hybridized carbons (Fsp3) is 0.518. The van der Waals surface area contributed by atoms with Crippen LogP contribution in [0.15, 0.2) is 137 Å². The fourth-order valence-electron chi connectivity index (χ4n) is 14.1. The Balaban J connectivity index is 1.07. The number of likely N-dealkylation sites (tertiary alicyclic amines) is 1. The molecular weight excluding hydrogens is 1490 g/mol. The molecule has 0 aliphatic carbocycles. The highest BCUT2D eigenvalue weighted by Crippen LogP contribution is 2.32. The lowest BCUT2D eigenvalue weighted by Crippen LogP contribution is -2.60. The lowest BCUT2D eigenvalue weighted by atomic mass is 9.89. The molecule has 5 aromatic rings. The second-order valence-electron chi connectivity index (χ2n) is 30.5. The van der Waals surface area contributed by atoms with E-state index in [0.717, 1.165) is 16.0 Å². The number of urea groups is 1. The van der Waals surface area contributed by atoms with Crippen molar-refractivity contribution in [2.75, 3.05) is 58.2 Å². The number of primary amides is 1. The molecule has 1 saturated heterocycles. The van der Waals surface area contributed by atoms with Crippen LogP contribution >= 0.6 is 0 Å². The number of Topliss-reactive ketones (excluding diaryl/α,β-unsaturated/α-hetero) is 1. The number of sulfone groups is 2. The van der Waals surface area contributed by atoms with E-state index in [1.54, 1.807) is 130 Å². The summed E-state index contributed by atoms with van der Waals surface area (Å²) in [5.41, 5.74) is 8.19. The number of nitrogens with two attached hydrogens (primary N) is 1. The van der Waals surface area contributed by atoms with Crippen LogP contribution in [0.25, 0.3) is 0 Å². The van der Waals surface area contributed by atoms with Crippen molar-refractivity contribution in [3.63, 3.8) is 0 Å². The zero-order chi connectivity index (χ0) is 83.9. The third-order valence-electron chi connectivity index (χ3n) is 20.9. The maximum absolute atomic E-state index is 14.9. The smallest absolute Gasteiger partial charge is 0.410 e. The molecule has 9 N–H and O–H groups in total. The van der Waals surface area contributed by atoms with Crippen LogP contribution in [0.5, 0.6) is 0 Å². The summed E-state index contributed by atoms with van der Waals surface area (Å²) in [5, 5.41) is 27.5. The molecule has 5 aromatic carbocycles. The molecule has 0 spiro atoms. The van der Waals surface area contributed by atoms with Gasteiger partial charge in [0, 0.05) is 58.2 Å². The molecule has 0 aromatic heterocycles. The number of anilines is 1. The minimum Gasteiger partial charge on any atom is -0.445 e.